The molecule has 1 aromatic heterocycles. The fourth-order valence-electron chi connectivity index (χ4n) is 1.80. The van der Waals surface area contributed by atoms with Crippen molar-refractivity contribution in [2.75, 3.05) is 17.2 Å². The highest BCUT2D eigenvalue weighted by atomic mass is 32.2. The number of nitrogens with zero attached hydrogens (tertiary/aromatic N) is 1. The SMILES string of the molecule is CCS(=O)(=O)CCn1ccc2cc(N)ccc21. The fourth-order valence-corrected chi connectivity index (χ4v) is 2.56. The van der Waals surface area contributed by atoms with Crippen molar-refractivity contribution < 1.29 is 8.42 Å². The maximum Gasteiger partial charge on any atom is 0.151 e. The van der Waals surface area contributed by atoms with Gasteiger partial charge in [0.15, 0.2) is 9.84 Å². The van der Waals surface area contributed by atoms with Gasteiger partial charge in [-0.25, -0.2) is 8.42 Å². The van der Waals surface area contributed by atoms with E-state index in [0.717, 1.165) is 16.6 Å². The van der Waals surface area contributed by atoms with Crippen LogP contribution in [0.3, 0.4) is 0 Å². The Morgan fingerprint density at radius 2 is 2.06 bits per heavy atom. The molecule has 5 heteroatoms. The van der Waals surface area contributed by atoms with Crippen LogP contribution in [0, 0.1) is 0 Å². The number of anilines is 1. The fraction of sp³-hybridized carbons (Fsp3) is 0.333. The highest BCUT2D eigenvalue weighted by Gasteiger charge is 2.08. The number of rotatable bonds is 4. The molecule has 1 heterocycles. The molecule has 0 aliphatic rings. The molecule has 2 aromatic rings. The van der Waals surface area contributed by atoms with Crippen LogP contribution >= 0.6 is 0 Å². The van der Waals surface area contributed by atoms with E-state index in [4.69, 9.17) is 5.73 Å². The van der Waals surface area contributed by atoms with E-state index in [-0.39, 0.29) is 11.5 Å². The molecule has 92 valence electrons. The Morgan fingerprint density at radius 1 is 1.29 bits per heavy atom. The molecule has 0 aliphatic carbocycles. The lowest BCUT2D eigenvalue weighted by atomic mass is 10.2. The molecular formula is C12H16N2O2S. The van der Waals surface area contributed by atoms with Crippen molar-refractivity contribution in [1.29, 1.82) is 0 Å². The smallest absolute Gasteiger partial charge is 0.151 e. The molecule has 17 heavy (non-hydrogen) atoms. The van der Waals surface area contributed by atoms with Gasteiger partial charge in [-0.3, -0.25) is 0 Å². The molecule has 0 bridgehead atoms. The highest BCUT2D eigenvalue weighted by molar-refractivity contribution is 7.91. The number of aryl methyl sites for hydroxylation is 1. The molecule has 0 amide bonds. The van der Waals surface area contributed by atoms with Crippen LogP contribution < -0.4 is 5.73 Å². The number of hydrogen-bond acceptors (Lipinski definition) is 3. The Morgan fingerprint density at radius 3 is 2.76 bits per heavy atom. The summed E-state index contributed by atoms with van der Waals surface area (Å²) in [5.74, 6) is 0.372. The van der Waals surface area contributed by atoms with E-state index in [0.29, 0.717) is 6.54 Å². The van der Waals surface area contributed by atoms with Crippen LogP contribution in [0.15, 0.2) is 30.5 Å². The van der Waals surface area contributed by atoms with E-state index in [2.05, 4.69) is 0 Å². The lowest BCUT2D eigenvalue weighted by Gasteiger charge is -2.05. The first kappa shape index (κ1) is 12.0. The van der Waals surface area contributed by atoms with E-state index in [1.807, 2.05) is 35.0 Å². The molecule has 0 saturated carbocycles. The first-order valence-electron chi connectivity index (χ1n) is 5.56. The Labute approximate surface area is 101 Å². The summed E-state index contributed by atoms with van der Waals surface area (Å²) in [6.07, 6.45) is 1.90. The summed E-state index contributed by atoms with van der Waals surface area (Å²) < 4.78 is 24.8. The summed E-state index contributed by atoms with van der Waals surface area (Å²) in [5, 5.41) is 1.04. The molecule has 0 unspecified atom stereocenters. The van der Waals surface area contributed by atoms with E-state index < -0.39 is 9.84 Å². The van der Waals surface area contributed by atoms with Crippen LogP contribution in [0.25, 0.3) is 10.9 Å². The van der Waals surface area contributed by atoms with Crippen molar-refractivity contribution in [1.82, 2.24) is 4.57 Å². The molecule has 0 saturated heterocycles. The third-order valence-corrected chi connectivity index (χ3v) is 4.56. The molecule has 0 fully saturated rings. The largest absolute Gasteiger partial charge is 0.399 e. The predicted molar refractivity (Wildman–Crippen MR) is 70.7 cm³/mol. The van der Waals surface area contributed by atoms with Crippen molar-refractivity contribution in [3.63, 3.8) is 0 Å². The lowest BCUT2D eigenvalue weighted by molar-refractivity contribution is 0.591. The van der Waals surface area contributed by atoms with Crippen molar-refractivity contribution in [2.24, 2.45) is 0 Å². The van der Waals surface area contributed by atoms with Gasteiger partial charge in [0.2, 0.25) is 0 Å². The number of nitrogens with two attached hydrogens (primary N) is 1. The van der Waals surface area contributed by atoms with E-state index >= 15 is 0 Å². The van der Waals surface area contributed by atoms with Gasteiger partial charge in [0.05, 0.1) is 5.75 Å². The summed E-state index contributed by atoms with van der Waals surface area (Å²) in [6.45, 7) is 2.16. The van der Waals surface area contributed by atoms with Gasteiger partial charge in [0, 0.05) is 35.1 Å². The summed E-state index contributed by atoms with van der Waals surface area (Å²) in [5.41, 5.74) is 7.43. The Kier molecular flexibility index (Phi) is 3.11. The first-order valence-corrected chi connectivity index (χ1v) is 7.39. The van der Waals surface area contributed by atoms with Crippen LogP contribution in [-0.2, 0) is 16.4 Å². The minimum absolute atomic E-state index is 0.178. The second-order valence-electron chi connectivity index (χ2n) is 4.06. The van der Waals surface area contributed by atoms with Gasteiger partial charge in [0.1, 0.15) is 0 Å². The molecule has 0 atom stereocenters. The molecule has 0 spiro atoms. The lowest BCUT2D eigenvalue weighted by Crippen LogP contribution is -2.14. The second kappa shape index (κ2) is 4.41. The van der Waals surface area contributed by atoms with E-state index in [1.54, 1.807) is 6.92 Å². The Bertz CT molecular complexity index is 629. The highest BCUT2D eigenvalue weighted by Crippen LogP contribution is 2.18. The molecule has 2 rings (SSSR count). The summed E-state index contributed by atoms with van der Waals surface area (Å²) in [4.78, 5) is 0. The number of sulfone groups is 1. The zero-order valence-electron chi connectivity index (χ0n) is 9.76. The first-order chi connectivity index (χ1) is 8.02. The van der Waals surface area contributed by atoms with Gasteiger partial charge < -0.3 is 10.3 Å². The number of benzene rings is 1. The topological polar surface area (TPSA) is 65.1 Å². The summed E-state index contributed by atoms with van der Waals surface area (Å²) in [7, 11) is -2.92. The van der Waals surface area contributed by atoms with Gasteiger partial charge >= 0.3 is 0 Å². The zero-order chi connectivity index (χ0) is 12.5. The average Bonchev–Trinajstić information content (AvgIpc) is 2.69. The number of hydrogen-bond donors (Lipinski definition) is 1. The van der Waals surface area contributed by atoms with Crippen LogP contribution in [-0.4, -0.2) is 24.5 Å². The van der Waals surface area contributed by atoms with E-state index in [9.17, 15) is 8.42 Å². The maximum absolute atomic E-state index is 11.5. The molecular weight excluding hydrogens is 236 g/mol. The molecule has 0 radical (unpaired) electrons. The number of fused-ring (bicyclic) bond motifs is 1. The third kappa shape index (κ3) is 2.61. The van der Waals surface area contributed by atoms with Crippen molar-refractivity contribution >= 4 is 26.4 Å². The minimum Gasteiger partial charge on any atom is -0.399 e. The van der Waals surface area contributed by atoms with Gasteiger partial charge in [-0.15, -0.1) is 0 Å². The van der Waals surface area contributed by atoms with Crippen molar-refractivity contribution in [3.05, 3.63) is 30.5 Å². The monoisotopic (exact) mass is 252 g/mol. The van der Waals surface area contributed by atoms with Gasteiger partial charge in [-0.1, -0.05) is 6.92 Å². The van der Waals surface area contributed by atoms with Crippen LogP contribution in [0.1, 0.15) is 6.92 Å². The molecule has 2 N–H and O–H groups in total. The quantitative estimate of drug-likeness (QED) is 0.842. The molecule has 0 aliphatic heterocycles. The van der Waals surface area contributed by atoms with Crippen LogP contribution in [0.4, 0.5) is 5.69 Å². The van der Waals surface area contributed by atoms with Crippen molar-refractivity contribution in [2.45, 2.75) is 13.5 Å². The minimum atomic E-state index is -2.92. The number of nitrogen functional groups attached to an aromatic ring is 1. The van der Waals surface area contributed by atoms with Crippen LogP contribution in [0.2, 0.25) is 0 Å². The standard InChI is InChI=1S/C12H16N2O2S/c1-2-17(15,16)8-7-14-6-5-10-9-11(13)3-4-12(10)14/h3-6,9H,2,7-8,13H2,1H3. The van der Waals surface area contributed by atoms with E-state index in [1.165, 1.54) is 0 Å². The summed E-state index contributed by atoms with van der Waals surface area (Å²) >= 11 is 0. The average molecular weight is 252 g/mol. The Hall–Kier alpha value is -1.49. The number of aromatic nitrogens is 1. The molecule has 4 nitrogen and oxygen atoms in total. The van der Waals surface area contributed by atoms with Crippen molar-refractivity contribution in [3.8, 4) is 0 Å². The second-order valence-corrected chi connectivity index (χ2v) is 6.54. The Balaban J connectivity index is 2.26. The predicted octanol–water partition coefficient (Wildman–Crippen LogP) is 1.66. The van der Waals surface area contributed by atoms with Gasteiger partial charge in [-0.05, 0) is 24.3 Å². The van der Waals surface area contributed by atoms with Gasteiger partial charge in [-0.2, -0.15) is 0 Å². The third-order valence-electron chi connectivity index (χ3n) is 2.88. The zero-order valence-corrected chi connectivity index (χ0v) is 10.6. The maximum atomic E-state index is 11.5. The normalized spacial score (nSPS) is 12.1. The molecule has 1 aromatic carbocycles. The van der Waals surface area contributed by atoms with Gasteiger partial charge in [0.25, 0.3) is 0 Å². The summed E-state index contributed by atoms with van der Waals surface area (Å²) in [6, 6.07) is 7.58. The van der Waals surface area contributed by atoms with Crippen LogP contribution in [0.5, 0.6) is 0 Å².